The van der Waals surface area contributed by atoms with E-state index in [2.05, 4.69) is 10.6 Å². The summed E-state index contributed by atoms with van der Waals surface area (Å²) in [4.78, 5) is 12.4. The summed E-state index contributed by atoms with van der Waals surface area (Å²) in [6.45, 7) is 6.76. The van der Waals surface area contributed by atoms with E-state index in [1.165, 1.54) is 5.56 Å². The van der Waals surface area contributed by atoms with Crippen LogP contribution in [0.25, 0.3) is 0 Å². The second-order valence-corrected chi connectivity index (χ2v) is 5.61. The first-order valence-corrected chi connectivity index (χ1v) is 7.29. The van der Waals surface area contributed by atoms with Crippen molar-refractivity contribution in [2.24, 2.45) is 0 Å². The van der Waals surface area contributed by atoms with Crippen molar-refractivity contribution in [3.63, 3.8) is 0 Å². The number of carbonyl (C=O) groups is 1. The fourth-order valence-electron chi connectivity index (χ4n) is 2.87. The molecule has 0 bridgehead atoms. The van der Waals surface area contributed by atoms with E-state index < -0.39 is 0 Å². The van der Waals surface area contributed by atoms with Crippen molar-refractivity contribution >= 4 is 11.6 Å². The number of aryl methyl sites for hydroxylation is 2. The summed E-state index contributed by atoms with van der Waals surface area (Å²) in [5, 5.41) is 6.33. The van der Waals surface area contributed by atoms with Crippen LogP contribution >= 0.6 is 0 Å². The Morgan fingerprint density at radius 1 is 1.33 bits per heavy atom. The number of benzene rings is 1. The minimum atomic E-state index is -0.0730. The molecule has 0 aliphatic carbocycles. The Balaban J connectivity index is 1.75. The molecule has 1 aliphatic rings. The van der Waals surface area contributed by atoms with Crippen LogP contribution in [0.1, 0.15) is 46.0 Å². The number of rotatable bonds is 3. The summed E-state index contributed by atoms with van der Waals surface area (Å²) in [5.74, 6) is 1.67. The highest BCUT2D eigenvalue weighted by molar-refractivity contribution is 5.95. The molecule has 2 aromatic rings. The molecular weight excluding hydrogens is 264 g/mol. The zero-order chi connectivity index (χ0) is 15.0. The van der Waals surface area contributed by atoms with E-state index in [1.54, 1.807) is 0 Å². The Kier molecular flexibility index (Phi) is 3.45. The molecule has 0 saturated heterocycles. The lowest BCUT2D eigenvalue weighted by atomic mass is 10.1. The molecule has 110 valence electrons. The summed E-state index contributed by atoms with van der Waals surface area (Å²) in [7, 11) is 0. The van der Waals surface area contributed by atoms with E-state index in [1.807, 2.05) is 45.0 Å². The molecule has 4 heteroatoms. The lowest BCUT2D eigenvalue weighted by molar-refractivity contribution is 0.0940. The van der Waals surface area contributed by atoms with Gasteiger partial charge in [0.15, 0.2) is 0 Å². The maximum absolute atomic E-state index is 12.4. The second kappa shape index (κ2) is 5.28. The zero-order valence-electron chi connectivity index (χ0n) is 12.6. The van der Waals surface area contributed by atoms with Gasteiger partial charge in [0.1, 0.15) is 11.5 Å². The van der Waals surface area contributed by atoms with E-state index in [0.717, 1.165) is 35.7 Å². The summed E-state index contributed by atoms with van der Waals surface area (Å²) < 4.78 is 5.52. The highest BCUT2D eigenvalue weighted by Crippen LogP contribution is 2.24. The molecule has 1 aromatic heterocycles. The van der Waals surface area contributed by atoms with E-state index in [4.69, 9.17) is 4.42 Å². The summed E-state index contributed by atoms with van der Waals surface area (Å²) >= 11 is 0. The number of hydrogen-bond acceptors (Lipinski definition) is 3. The van der Waals surface area contributed by atoms with Crippen LogP contribution in [-0.2, 0) is 6.42 Å². The minimum Gasteiger partial charge on any atom is -0.466 e. The number of furan rings is 1. The van der Waals surface area contributed by atoms with Crippen LogP contribution in [-0.4, -0.2) is 12.5 Å². The molecule has 1 unspecified atom stereocenters. The van der Waals surface area contributed by atoms with E-state index >= 15 is 0 Å². The highest BCUT2D eigenvalue weighted by Gasteiger charge is 2.18. The first-order valence-electron chi connectivity index (χ1n) is 7.29. The minimum absolute atomic E-state index is 0.0581. The Morgan fingerprint density at radius 3 is 2.86 bits per heavy atom. The maximum atomic E-state index is 12.4. The maximum Gasteiger partial charge on any atom is 0.251 e. The normalized spacial score (nSPS) is 14.4. The van der Waals surface area contributed by atoms with Gasteiger partial charge in [0, 0.05) is 23.4 Å². The van der Waals surface area contributed by atoms with Crippen LogP contribution in [0.3, 0.4) is 0 Å². The van der Waals surface area contributed by atoms with Crippen LogP contribution < -0.4 is 10.6 Å². The van der Waals surface area contributed by atoms with Gasteiger partial charge in [-0.25, -0.2) is 0 Å². The standard InChI is InChI=1S/C17H20N2O2/c1-10-8-15(12(3)21-10)11(2)19-17(20)14-5-4-13-6-7-18-16(13)9-14/h4-5,8-9,11,18H,6-7H2,1-3H3,(H,19,20). The van der Waals surface area contributed by atoms with Crippen molar-refractivity contribution in [2.45, 2.75) is 33.2 Å². The Hall–Kier alpha value is -2.23. The van der Waals surface area contributed by atoms with Crippen molar-refractivity contribution < 1.29 is 9.21 Å². The number of amides is 1. The largest absolute Gasteiger partial charge is 0.466 e. The Morgan fingerprint density at radius 2 is 2.14 bits per heavy atom. The van der Waals surface area contributed by atoms with Gasteiger partial charge < -0.3 is 15.1 Å². The smallest absolute Gasteiger partial charge is 0.251 e. The van der Waals surface area contributed by atoms with Gasteiger partial charge in [-0.2, -0.15) is 0 Å². The topological polar surface area (TPSA) is 54.3 Å². The monoisotopic (exact) mass is 284 g/mol. The van der Waals surface area contributed by atoms with Crippen LogP contribution in [0.2, 0.25) is 0 Å². The first kappa shape index (κ1) is 13.7. The van der Waals surface area contributed by atoms with Gasteiger partial charge in [-0.3, -0.25) is 4.79 Å². The lowest BCUT2D eigenvalue weighted by Crippen LogP contribution is -2.26. The molecule has 1 aliphatic heterocycles. The van der Waals surface area contributed by atoms with E-state index in [0.29, 0.717) is 5.56 Å². The highest BCUT2D eigenvalue weighted by atomic mass is 16.3. The first-order chi connectivity index (χ1) is 10.0. The van der Waals surface area contributed by atoms with Gasteiger partial charge in [0.25, 0.3) is 5.91 Å². The molecule has 0 spiro atoms. The lowest BCUT2D eigenvalue weighted by Gasteiger charge is -2.14. The molecule has 0 fully saturated rings. The quantitative estimate of drug-likeness (QED) is 0.908. The molecule has 1 atom stereocenters. The molecule has 0 saturated carbocycles. The molecule has 2 heterocycles. The van der Waals surface area contributed by atoms with Crippen molar-refractivity contribution in [2.75, 3.05) is 11.9 Å². The van der Waals surface area contributed by atoms with Crippen molar-refractivity contribution in [3.05, 3.63) is 52.5 Å². The molecule has 0 radical (unpaired) electrons. The van der Waals surface area contributed by atoms with Crippen molar-refractivity contribution in [1.82, 2.24) is 5.32 Å². The third kappa shape index (κ3) is 2.66. The summed E-state index contributed by atoms with van der Waals surface area (Å²) in [5.41, 5.74) is 4.07. The van der Waals surface area contributed by atoms with Crippen LogP contribution in [0, 0.1) is 13.8 Å². The van der Waals surface area contributed by atoms with Gasteiger partial charge in [-0.05, 0) is 51.0 Å². The number of anilines is 1. The number of carbonyl (C=O) groups excluding carboxylic acids is 1. The Labute approximate surface area is 124 Å². The summed E-state index contributed by atoms with van der Waals surface area (Å²) in [6, 6.07) is 7.75. The molecule has 1 aromatic carbocycles. The molecule has 3 rings (SSSR count). The fraction of sp³-hybridized carbons (Fsp3) is 0.353. The number of fused-ring (bicyclic) bond motifs is 1. The average Bonchev–Trinajstić information content (AvgIpc) is 3.03. The fourth-order valence-corrected chi connectivity index (χ4v) is 2.87. The Bertz CT molecular complexity index is 688. The molecule has 2 N–H and O–H groups in total. The van der Waals surface area contributed by atoms with E-state index in [9.17, 15) is 4.79 Å². The second-order valence-electron chi connectivity index (χ2n) is 5.61. The summed E-state index contributed by atoms with van der Waals surface area (Å²) in [6.07, 6.45) is 1.03. The van der Waals surface area contributed by atoms with Gasteiger partial charge >= 0.3 is 0 Å². The predicted molar refractivity (Wildman–Crippen MR) is 82.7 cm³/mol. The molecule has 1 amide bonds. The van der Waals surface area contributed by atoms with Gasteiger partial charge in [-0.1, -0.05) is 6.07 Å². The molecule has 4 nitrogen and oxygen atoms in total. The third-order valence-corrected chi connectivity index (χ3v) is 3.98. The van der Waals surface area contributed by atoms with Crippen LogP contribution in [0.5, 0.6) is 0 Å². The van der Waals surface area contributed by atoms with Crippen LogP contribution in [0.4, 0.5) is 5.69 Å². The molecule has 21 heavy (non-hydrogen) atoms. The third-order valence-electron chi connectivity index (χ3n) is 3.98. The van der Waals surface area contributed by atoms with Crippen molar-refractivity contribution in [3.8, 4) is 0 Å². The van der Waals surface area contributed by atoms with Gasteiger partial charge in [-0.15, -0.1) is 0 Å². The van der Waals surface area contributed by atoms with Gasteiger partial charge in [0.05, 0.1) is 6.04 Å². The predicted octanol–water partition coefficient (Wildman–Crippen LogP) is 3.36. The number of hydrogen-bond donors (Lipinski definition) is 2. The van der Waals surface area contributed by atoms with E-state index in [-0.39, 0.29) is 11.9 Å². The zero-order valence-corrected chi connectivity index (χ0v) is 12.6. The van der Waals surface area contributed by atoms with Crippen molar-refractivity contribution in [1.29, 1.82) is 0 Å². The molecular formula is C17H20N2O2. The number of nitrogens with one attached hydrogen (secondary N) is 2. The average molecular weight is 284 g/mol. The van der Waals surface area contributed by atoms with Crippen LogP contribution in [0.15, 0.2) is 28.7 Å². The SMILES string of the molecule is Cc1cc(C(C)NC(=O)c2ccc3c(c2)NCC3)c(C)o1. The van der Waals surface area contributed by atoms with Gasteiger partial charge in [0.2, 0.25) is 0 Å².